The van der Waals surface area contributed by atoms with E-state index in [0.29, 0.717) is 13.2 Å². The highest BCUT2D eigenvalue weighted by atomic mass is 16.5. The summed E-state index contributed by atoms with van der Waals surface area (Å²) in [5, 5.41) is 10.5. The molecule has 1 N–H and O–H groups in total. The molecular weight excluding hydrogens is 398 g/mol. The van der Waals surface area contributed by atoms with Gasteiger partial charge in [-0.1, -0.05) is 42.5 Å². The second kappa shape index (κ2) is 11.2. The predicted octanol–water partition coefficient (Wildman–Crippen LogP) is 3.55. The first-order valence-electron chi connectivity index (χ1n) is 11.4. The number of aliphatic hydroxyl groups excluding tert-OH is 1. The molecule has 0 saturated carbocycles. The Bertz CT molecular complexity index is 979. The van der Waals surface area contributed by atoms with E-state index in [0.717, 1.165) is 50.5 Å². The Kier molecular flexibility index (Phi) is 7.88. The molecule has 4 rings (SSSR count). The molecule has 2 aromatic carbocycles. The van der Waals surface area contributed by atoms with Crippen LogP contribution < -0.4 is 4.74 Å². The normalized spacial score (nSPS) is 14.8. The molecule has 1 aliphatic heterocycles. The van der Waals surface area contributed by atoms with Gasteiger partial charge in [-0.25, -0.2) is 0 Å². The molecule has 3 aromatic rings. The minimum absolute atomic E-state index is 0.303. The van der Waals surface area contributed by atoms with Gasteiger partial charge in [-0.2, -0.15) is 0 Å². The molecule has 1 aromatic heterocycles. The molecule has 2 heterocycles. The highest BCUT2D eigenvalue weighted by Crippen LogP contribution is 2.19. The fourth-order valence-electron chi connectivity index (χ4n) is 4.23. The van der Waals surface area contributed by atoms with E-state index in [1.165, 1.54) is 16.7 Å². The molecule has 0 amide bonds. The second-order valence-corrected chi connectivity index (χ2v) is 8.67. The summed E-state index contributed by atoms with van der Waals surface area (Å²) in [6.45, 7) is 4.60. The van der Waals surface area contributed by atoms with E-state index in [2.05, 4.69) is 64.3 Å². The van der Waals surface area contributed by atoms with Crippen LogP contribution in [0.25, 0.3) is 0 Å². The van der Waals surface area contributed by atoms with Crippen LogP contribution in [0.2, 0.25) is 0 Å². The van der Waals surface area contributed by atoms with Gasteiger partial charge in [0.15, 0.2) is 0 Å². The van der Waals surface area contributed by atoms with E-state index in [4.69, 9.17) is 4.74 Å². The summed E-state index contributed by atoms with van der Waals surface area (Å²) < 4.78 is 5.93. The van der Waals surface area contributed by atoms with Crippen LogP contribution >= 0.6 is 0 Å². The first kappa shape index (κ1) is 22.5. The van der Waals surface area contributed by atoms with Crippen LogP contribution in [-0.4, -0.2) is 59.3 Å². The summed E-state index contributed by atoms with van der Waals surface area (Å²) in [5.41, 5.74) is 5.11. The topological polar surface area (TPSA) is 48.8 Å². The molecule has 5 heteroatoms. The summed E-state index contributed by atoms with van der Waals surface area (Å²) >= 11 is 0. The Hall–Kier alpha value is -2.73. The Morgan fingerprint density at radius 3 is 2.75 bits per heavy atom. The quantitative estimate of drug-likeness (QED) is 0.532. The molecule has 0 saturated heterocycles. The fourth-order valence-corrected chi connectivity index (χ4v) is 4.23. The molecule has 0 unspecified atom stereocenters. The van der Waals surface area contributed by atoms with Crippen molar-refractivity contribution in [2.24, 2.45) is 0 Å². The van der Waals surface area contributed by atoms with Crippen molar-refractivity contribution in [2.75, 3.05) is 33.3 Å². The average molecular weight is 432 g/mol. The molecule has 5 nitrogen and oxygen atoms in total. The monoisotopic (exact) mass is 431 g/mol. The number of aliphatic hydroxyl groups is 1. The molecule has 1 atom stereocenters. The van der Waals surface area contributed by atoms with Crippen molar-refractivity contribution in [1.29, 1.82) is 0 Å². The van der Waals surface area contributed by atoms with E-state index in [9.17, 15) is 5.11 Å². The van der Waals surface area contributed by atoms with Crippen LogP contribution in [-0.2, 0) is 25.9 Å². The van der Waals surface area contributed by atoms with Crippen LogP contribution in [0.5, 0.6) is 5.75 Å². The standard InChI is InChI=1S/C27H33N3O2/c1-29(15-13-25-10-4-5-14-28-25)18-22-7-6-11-27(17-22)32-21-26(31)20-30-16-12-23-8-2-3-9-24(23)19-30/h2-11,14,17,26,31H,12-13,15-16,18-21H2,1H3/t26-/m1/s1. The molecule has 1 aliphatic rings. The van der Waals surface area contributed by atoms with E-state index in [1.807, 2.05) is 30.5 Å². The summed E-state index contributed by atoms with van der Waals surface area (Å²) in [6, 6.07) is 22.8. The number of benzene rings is 2. The van der Waals surface area contributed by atoms with Crippen molar-refractivity contribution < 1.29 is 9.84 Å². The van der Waals surface area contributed by atoms with Crippen molar-refractivity contribution >= 4 is 0 Å². The molecule has 0 fully saturated rings. The lowest BCUT2D eigenvalue weighted by Gasteiger charge is -2.30. The Morgan fingerprint density at radius 1 is 1.06 bits per heavy atom. The average Bonchev–Trinajstić information content (AvgIpc) is 2.82. The summed E-state index contributed by atoms with van der Waals surface area (Å²) in [7, 11) is 2.12. The van der Waals surface area contributed by atoms with Crippen molar-refractivity contribution in [3.63, 3.8) is 0 Å². The van der Waals surface area contributed by atoms with E-state index >= 15 is 0 Å². The Balaban J connectivity index is 1.21. The summed E-state index contributed by atoms with van der Waals surface area (Å²) in [6.07, 6.45) is 3.31. The maximum Gasteiger partial charge on any atom is 0.119 e. The highest BCUT2D eigenvalue weighted by Gasteiger charge is 2.18. The SMILES string of the molecule is CN(CCc1ccccn1)Cc1cccc(OC[C@H](O)CN2CCc3ccccc3C2)c1. The zero-order valence-corrected chi connectivity index (χ0v) is 18.9. The predicted molar refractivity (Wildman–Crippen MR) is 128 cm³/mol. The molecule has 168 valence electrons. The number of hydrogen-bond acceptors (Lipinski definition) is 5. The zero-order chi connectivity index (χ0) is 22.2. The van der Waals surface area contributed by atoms with E-state index in [1.54, 1.807) is 0 Å². The third kappa shape index (κ3) is 6.63. The number of nitrogens with zero attached hydrogens (tertiary/aromatic N) is 3. The lowest BCUT2D eigenvalue weighted by Crippen LogP contribution is -2.38. The highest BCUT2D eigenvalue weighted by molar-refractivity contribution is 5.29. The van der Waals surface area contributed by atoms with E-state index in [-0.39, 0.29) is 0 Å². The lowest BCUT2D eigenvalue weighted by molar-refractivity contribution is 0.0637. The molecule has 0 aliphatic carbocycles. The molecule has 0 radical (unpaired) electrons. The van der Waals surface area contributed by atoms with Gasteiger partial charge in [0.25, 0.3) is 0 Å². The third-order valence-electron chi connectivity index (χ3n) is 5.95. The fraction of sp³-hybridized carbons (Fsp3) is 0.370. The van der Waals surface area contributed by atoms with Gasteiger partial charge in [-0.15, -0.1) is 0 Å². The van der Waals surface area contributed by atoms with Crippen LogP contribution in [0.4, 0.5) is 0 Å². The molecule has 32 heavy (non-hydrogen) atoms. The zero-order valence-electron chi connectivity index (χ0n) is 18.9. The van der Waals surface area contributed by atoms with Crippen LogP contribution in [0.3, 0.4) is 0 Å². The largest absolute Gasteiger partial charge is 0.491 e. The summed E-state index contributed by atoms with van der Waals surface area (Å²) in [5.74, 6) is 0.809. The van der Waals surface area contributed by atoms with Gasteiger partial charge in [-0.3, -0.25) is 9.88 Å². The van der Waals surface area contributed by atoms with Crippen LogP contribution in [0.15, 0.2) is 72.9 Å². The first-order valence-corrected chi connectivity index (χ1v) is 11.4. The number of β-amino-alcohol motifs (C(OH)–C–C–N with tert-alkyl or cyclic N) is 1. The van der Waals surface area contributed by atoms with Gasteiger partial charge < -0.3 is 14.7 Å². The number of pyridine rings is 1. The van der Waals surface area contributed by atoms with E-state index < -0.39 is 6.10 Å². The number of rotatable bonds is 10. The third-order valence-corrected chi connectivity index (χ3v) is 5.95. The molecular formula is C27H33N3O2. The molecule has 0 bridgehead atoms. The Labute approximate surface area is 191 Å². The number of ether oxygens (including phenoxy) is 1. The van der Waals surface area contributed by atoms with Gasteiger partial charge in [0.05, 0.1) is 0 Å². The van der Waals surface area contributed by atoms with Gasteiger partial charge >= 0.3 is 0 Å². The van der Waals surface area contributed by atoms with Crippen LogP contribution in [0, 0.1) is 0 Å². The smallest absolute Gasteiger partial charge is 0.119 e. The van der Waals surface area contributed by atoms with Gasteiger partial charge in [0.2, 0.25) is 0 Å². The van der Waals surface area contributed by atoms with Crippen molar-refractivity contribution in [2.45, 2.75) is 32.0 Å². The van der Waals surface area contributed by atoms with Gasteiger partial charge in [0.1, 0.15) is 18.5 Å². The number of fused-ring (bicyclic) bond motifs is 1. The number of hydrogen-bond donors (Lipinski definition) is 1. The minimum Gasteiger partial charge on any atom is -0.491 e. The summed E-state index contributed by atoms with van der Waals surface area (Å²) in [4.78, 5) is 8.99. The lowest BCUT2D eigenvalue weighted by atomic mass is 10.00. The Morgan fingerprint density at radius 2 is 1.91 bits per heavy atom. The maximum atomic E-state index is 10.5. The number of likely N-dealkylation sites (N-methyl/N-ethyl adjacent to an activating group) is 1. The van der Waals surface area contributed by atoms with Gasteiger partial charge in [-0.05, 0) is 54.4 Å². The maximum absolute atomic E-state index is 10.5. The van der Waals surface area contributed by atoms with Crippen molar-refractivity contribution in [3.05, 3.63) is 95.3 Å². The van der Waals surface area contributed by atoms with Gasteiger partial charge in [0, 0.05) is 51.0 Å². The molecule has 0 spiro atoms. The van der Waals surface area contributed by atoms with Crippen LogP contribution in [0.1, 0.15) is 22.4 Å². The number of aromatic nitrogens is 1. The van der Waals surface area contributed by atoms with Crippen molar-refractivity contribution in [1.82, 2.24) is 14.8 Å². The van der Waals surface area contributed by atoms with Crippen molar-refractivity contribution in [3.8, 4) is 5.75 Å². The first-order chi connectivity index (χ1) is 15.7. The second-order valence-electron chi connectivity index (χ2n) is 8.67. The minimum atomic E-state index is -0.509.